The van der Waals surface area contributed by atoms with Crippen molar-refractivity contribution in [2.24, 2.45) is 0 Å². The molecule has 0 heterocycles. The van der Waals surface area contributed by atoms with E-state index in [0.29, 0.717) is 11.3 Å². The van der Waals surface area contributed by atoms with Gasteiger partial charge in [-0.25, -0.2) is 0 Å². The van der Waals surface area contributed by atoms with Crippen LogP contribution < -0.4 is 10.6 Å². The summed E-state index contributed by atoms with van der Waals surface area (Å²) in [5.74, 6) is -0.522. The summed E-state index contributed by atoms with van der Waals surface area (Å²) in [5, 5.41) is 7.70. The second kappa shape index (κ2) is 6.96. The van der Waals surface area contributed by atoms with Crippen LogP contribution in [0.5, 0.6) is 0 Å². The lowest BCUT2D eigenvalue weighted by Gasteiger charge is -2.14. The predicted octanol–water partition coefficient (Wildman–Crippen LogP) is 3.60. The minimum atomic E-state index is -0.635. The Morgan fingerprint density at radius 1 is 0.833 bits per heavy atom. The van der Waals surface area contributed by atoms with Crippen molar-refractivity contribution in [1.29, 1.82) is 0 Å². The molecule has 0 aliphatic heterocycles. The summed E-state index contributed by atoms with van der Waals surface area (Å²) >= 11 is 0. The molecule has 3 rings (SSSR count). The molecule has 0 aromatic heterocycles. The summed E-state index contributed by atoms with van der Waals surface area (Å²) < 4.78 is 0. The fraction of sp³-hybridized carbons (Fsp3) is 0.100. The van der Waals surface area contributed by atoms with Gasteiger partial charge in [-0.1, -0.05) is 48.5 Å². The molecular weight excluding hydrogens is 300 g/mol. The molecule has 2 amide bonds. The molecule has 4 heteroatoms. The van der Waals surface area contributed by atoms with Crippen LogP contribution in [0.2, 0.25) is 0 Å². The van der Waals surface area contributed by atoms with E-state index in [2.05, 4.69) is 10.6 Å². The highest BCUT2D eigenvalue weighted by molar-refractivity contribution is 6.01. The lowest BCUT2D eigenvalue weighted by atomic mass is 10.1. The van der Waals surface area contributed by atoms with E-state index in [9.17, 15) is 9.59 Å². The number of nitrogens with one attached hydrogen (secondary N) is 2. The van der Waals surface area contributed by atoms with E-state index < -0.39 is 6.04 Å². The third-order valence-corrected chi connectivity index (χ3v) is 3.79. The predicted molar refractivity (Wildman–Crippen MR) is 95.9 cm³/mol. The van der Waals surface area contributed by atoms with Gasteiger partial charge in [-0.15, -0.1) is 0 Å². The second-order valence-corrected chi connectivity index (χ2v) is 5.61. The highest BCUT2D eigenvalue weighted by Crippen LogP contribution is 2.18. The van der Waals surface area contributed by atoms with Gasteiger partial charge in [0, 0.05) is 11.3 Å². The third-order valence-electron chi connectivity index (χ3n) is 3.79. The van der Waals surface area contributed by atoms with Crippen LogP contribution in [0.1, 0.15) is 17.3 Å². The van der Waals surface area contributed by atoms with Crippen LogP contribution >= 0.6 is 0 Å². The Morgan fingerprint density at radius 3 is 2.25 bits per heavy atom. The van der Waals surface area contributed by atoms with Crippen LogP contribution in [0, 0.1) is 0 Å². The van der Waals surface area contributed by atoms with Crippen molar-refractivity contribution < 1.29 is 9.59 Å². The second-order valence-electron chi connectivity index (χ2n) is 5.61. The van der Waals surface area contributed by atoms with Gasteiger partial charge in [0.25, 0.3) is 5.91 Å². The number of carbonyl (C=O) groups is 2. The van der Waals surface area contributed by atoms with Crippen LogP contribution in [0.3, 0.4) is 0 Å². The highest BCUT2D eigenvalue weighted by Gasteiger charge is 2.16. The zero-order valence-corrected chi connectivity index (χ0v) is 13.3. The number of fused-ring (bicyclic) bond motifs is 1. The van der Waals surface area contributed by atoms with Crippen LogP contribution in [-0.2, 0) is 4.79 Å². The van der Waals surface area contributed by atoms with Crippen molar-refractivity contribution in [3.63, 3.8) is 0 Å². The maximum atomic E-state index is 12.3. The maximum Gasteiger partial charge on any atom is 0.251 e. The molecule has 3 aromatic carbocycles. The Balaban J connectivity index is 1.66. The molecule has 0 spiro atoms. The zero-order chi connectivity index (χ0) is 16.9. The van der Waals surface area contributed by atoms with Crippen molar-refractivity contribution in [3.05, 3.63) is 78.4 Å². The summed E-state index contributed by atoms with van der Waals surface area (Å²) in [5.41, 5.74) is 1.24. The van der Waals surface area contributed by atoms with Gasteiger partial charge in [-0.05, 0) is 42.0 Å². The van der Waals surface area contributed by atoms with E-state index in [1.807, 2.05) is 48.5 Å². The third kappa shape index (κ3) is 3.60. The van der Waals surface area contributed by atoms with Gasteiger partial charge in [0.2, 0.25) is 5.91 Å². The van der Waals surface area contributed by atoms with Gasteiger partial charge in [-0.2, -0.15) is 0 Å². The molecule has 120 valence electrons. The summed E-state index contributed by atoms with van der Waals surface area (Å²) in [6, 6.07) is 21.9. The van der Waals surface area contributed by atoms with Gasteiger partial charge < -0.3 is 10.6 Å². The van der Waals surface area contributed by atoms with Gasteiger partial charge >= 0.3 is 0 Å². The molecule has 0 radical (unpaired) electrons. The monoisotopic (exact) mass is 318 g/mol. The van der Waals surface area contributed by atoms with E-state index in [1.54, 1.807) is 31.2 Å². The van der Waals surface area contributed by atoms with Gasteiger partial charge in [-0.3, -0.25) is 9.59 Å². The summed E-state index contributed by atoms with van der Waals surface area (Å²) in [7, 11) is 0. The van der Waals surface area contributed by atoms with Crippen LogP contribution in [0.25, 0.3) is 10.8 Å². The Morgan fingerprint density at radius 2 is 1.50 bits per heavy atom. The molecule has 1 atom stereocenters. The fourth-order valence-electron chi connectivity index (χ4n) is 2.45. The SMILES string of the molecule is C[C@H](NC(=O)c1ccccc1)C(=O)Nc1ccc2ccccc2c1. The normalized spacial score (nSPS) is 11.7. The summed E-state index contributed by atoms with van der Waals surface area (Å²) in [6.45, 7) is 1.66. The molecule has 0 aliphatic rings. The van der Waals surface area contributed by atoms with E-state index in [-0.39, 0.29) is 11.8 Å². The Kier molecular flexibility index (Phi) is 4.57. The van der Waals surface area contributed by atoms with Crippen LogP contribution in [0.4, 0.5) is 5.69 Å². The molecule has 4 nitrogen and oxygen atoms in total. The lowest BCUT2D eigenvalue weighted by molar-refractivity contribution is -0.117. The van der Waals surface area contributed by atoms with Crippen molar-refractivity contribution in [1.82, 2.24) is 5.32 Å². The van der Waals surface area contributed by atoms with Crippen molar-refractivity contribution in [2.45, 2.75) is 13.0 Å². The number of anilines is 1. The fourth-order valence-corrected chi connectivity index (χ4v) is 2.45. The summed E-state index contributed by atoms with van der Waals surface area (Å²) in [4.78, 5) is 24.4. The molecule has 0 unspecified atom stereocenters. The van der Waals surface area contributed by atoms with E-state index >= 15 is 0 Å². The number of benzene rings is 3. The van der Waals surface area contributed by atoms with Crippen LogP contribution in [0.15, 0.2) is 72.8 Å². The number of carbonyl (C=O) groups excluding carboxylic acids is 2. The number of hydrogen-bond acceptors (Lipinski definition) is 2. The molecule has 2 N–H and O–H groups in total. The summed E-state index contributed by atoms with van der Waals surface area (Å²) in [6.07, 6.45) is 0. The quantitative estimate of drug-likeness (QED) is 0.772. The first-order valence-corrected chi connectivity index (χ1v) is 7.79. The first-order chi connectivity index (χ1) is 11.6. The molecule has 0 aliphatic carbocycles. The smallest absolute Gasteiger partial charge is 0.251 e. The molecule has 0 fully saturated rings. The maximum absolute atomic E-state index is 12.3. The van der Waals surface area contributed by atoms with Crippen LogP contribution in [-0.4, -0.2) is 17.9 Å². The average molecular weight is 318 g/mol. The molecular formula is C20H18N2O2. The number of amides is 2. The molecule has 3 aromatic rings. The molecule has 0 saturated carbocycles. The molecule has 0 saturated heterocycles. The van der Waals surface area contributed by atoms with Crippen molar-refractivity contribution >= 4 is 28.3 Å². The van der Waals surface area contributed by atoms with E-state index in [4.69, 9.17) is 0 Å². The zero-order valence-electron chi connectivity index (χ0n) is 13.3. The van der Waals surface area contributed by atoms with Gasteiger partial charge in [0.05, 0.1) is 0 Å². The topological polar surface area (TPSA) is 58.2 Å². The van der Waals surface area contributed by atoms with Gasteiger partial charge in [0.15, 0.2) is 0 Å². The minimum Gasteiger partial charge on any atom is -0.341 e. The first kappa shape index (κ1) is 15.7. The van der Waals surface area contributed by atoms with Crippen molar-refractivity contribution in [3.8, 4) is 0 Å². The van der Waals surface area contributed by atoms with E-state index in [0.717, 1.165) is 10.8 Å². The number of rotatable bonds is 4. The van der Waals surface area contributed by atoms with E-state index in [1.165, 1.54) is 0 Å². The van der Waals surface area contributed by atoms with Crippen molar-refractivity contribution in [2.75, 3.05) is 5.32 Å². The Bertz CT molecular complexity index is 875. The Hall–Kier alpha value is -3.14. The van der Waals surface area contributed by atoms with Gasteiger partial charge in [0.1, 0.15) is 6.04 Å². The first-order valence-electron chi connectivity index (χ1n) is 7.79. The highest BCUT2D eigenvalue weighted by atomic mass is 16.2. The minimum absolute atomic E-state index is 0.255. The number of hydrogen-bond donors (Lipinski definition) is 2. The molecule has 24 heavy (non-hydrogen) atoms. The lowest BCUT2D eigenvalue weighted by Crippen LogP contribution is -2.41. The molecule has 0 bridgehead atoms. The standard InChI is InChI=1S/C20H18N2O2/c1-14(21-20(24)16-8-3-2-4-9-16)19(23)22-18-12-11-15-7-5-6-10-17(15)13-18/h2-14H,1H3,(H,21,24)(H,22,23)/t14-/m0/s1. The largest absolute Gasteiger partial charge is 0.341 e. The average Bonchev–Trinajstić information content (AvgIpc) is 2.62. The Labute approximate surface area is 140 Å².